The van der Waals surface area contributed by atoms with Crippen molar-refractivity contribution in [2.24, 2.45) is 0 Å². The second-order valence-corrected chi connectivity index (χ2v) is 3.96. The molecule has 0 bridgehead atoms. The molecule has 0 aliphatic rings. The number of hydrogen-bond donors (Lipinski definition) is 1. The van der Waals surface area contributed by atoms with Crippen molar-refractivity contribution in [3.63, 3.8) is 0 Å². The van der Waals surface area contributed by atoms with Gasteiger partial charge >= 0.3 is 5.97 Å². The highest BCUT2D eigenvalue weighted by atomic mass is 16.4. The van der Waals surface area contributed by atoms with Crippen LogP contribution < -0.4 is 4.90 Å². The summed E-state index contributed by atoms with van der Waals surface area (Å²) in [4.78, 5) is 23.7. The van der Waals surface area contributed by atoms with Gasteiger partial charge in [0.2, 0.25) is 5.91 Å². The Bertz CT molecular complexity index is 587. The van der Waals surface area contributed by atoms with Crippen LogP contribution in [0.1, 0.15) is 12.8 Å². The first-order chi connectivity index (χ1) is 8.59. The van der Waals surface area contributed by atoms with Crippen LogP contribution in [0.3, 0.4) is 0 Å². The van der Waals surface area contributed by atoms with Crippen LogP contribution in [0.15, 0.2) is 34.9 Å². The standard InChI is InChI=1S/C13H13NO4/c1-14(12(15)6-7-13(16)17)10-8-18-11-5-3-2-4-9(10)11/h2-5,8H,6-7H2,1H3,(H,16,17). The van der Waals surface area contributed by atoms with Gasteiger partial charge in [-0.2, -0.15) is 0 Å². The fourth-order valence-corrected chi connectivity index (χ4v) is 1.74. The van der Waals surface area contributed by atoms with Crippen molar-refractivity contribution in [2.75, 3.05) is 11.9 Å². The third-order valence-corrected chi connectivity index (χ3v) is 2.75. The van der Waals surface area contributed by atoms with E-state index in [4.69, 9.17) is 9.52 Å². The maximum atomic E-state index is 11.8. The average molecular weight is 247 g/mol. The second kappa shape index (κ2) is 4.91. The van der Waals surface area contributed by atoms with Crippen molar-refractivity contribution in [3.8, 4) is 0 Å². The van der Waals surface area contributed by atoms with E-state index in [9.17, 15) is 9.59 Å². The van der Waals surface area contributed by atoms with Gasteiger partial charge in [-0.15, -0.1) is 0 Å². The first kappa shape index (κ1) is 12.2. The lowest BCUT2D eigenvalue weighted by molar-refractivity contribution is -0.138. The maximum absolute atomic E-state index is 11.8. The first-order valence-corrected chi connectivity index (χ1v) is 5.54. The normalized spacial score (nSPS) is 10.5. The molecule has 0 aliphatic carbocycles. The highest BCUT2D eigenvalue weighted by Gasteiger charge is 2.16. The Hall–Kier alpha value is -2.30. The summed E-state index contributed by atoms with van der Waals surface area (Å²) in [6, 6.07) is 7.38. The van der Waals surface area contributed by atoms with Crippen LogP contribution in [-0.2, 0) is 9.59 Å². The number of aliphatic carboxylic acids is 1. The average Bonchev–Trinajstić information content (AvgIpc) is 2.78. The molecule has 18 heavy (non-hydrogen) atoms. The van der Waals surface area contributed by atoms with Gasteiger partial charge in [0.15, 0.2) is 0 Å². The molecule has 1 amide bonds. The molecule has 1 aromatic carbocycles. The summed E-state index contributed by atoms with van der Waals surface area (Å²) in [6.07, 6.45) is 1.31. The van der Waals surface area contributed by atoms with Crippen molar-refractivity contribution in [1.29, 1.82) is 0 Å². The van der Waals surface area contributed by atoms with Gasteiger partial charge in [0.1, 0.15) is 11.8 Å². The summed E-state index contributed by atoms with van der Waals surface area (Å²) >= 11 is 0. The topological polar surface area (TPSA) is 70.8 Å². The van der Waals surface area contributed by atoms with E-state index >= 15 is 0 Å². The number of nitrogens with zero attached hydrogens (tertiary/aromatic N) is 1. The lowest BCUT2D eigenvalue weighted by Gasteiger charge is -2.14. The predicted molar refractivity (Wildman–Crippen MR) is 66.5 cm³/mol. The Balaban J connectivity index is 2.20. The largest absolute Gasteiger partial charge is 0.481 e. The molecule has 2 rings (SSSR count). The Labute approximate surface area is 104 Å². The summed E-state index contributed by atoms with van der Waals surface area (Å²) in [6.45, 7) is 0. The molecule has 0 saturated heterocycles. The molecule has 1 heterocycles. The van der Waals surface area contributed by atoms with Crippen LogP contribution in [0, 0.1) is 0 Å². The highest BCUT2D eigenvalue weighted by Crippen LogP contribution is 2.28. The molecule has 1 aromatic heterocycles. The van der Waals surface area contributed by atoms with Gasteiger partial charge < -0.3 is 14.4 Å². The molecule has 2 aromatic rings. The van der Waals surface area contributed by atoms with Crippen molar-refractivity contribution < 1.29 is 19.1 Å². The lowest BCUT2D eigenvalue weighted by atomic mass is 10.2. The minimum Gasteiger partial charge on any atom is -0.481 e. The number of benzene rings is 1. The van der Waals surface area contributed by atoms with Crippen molar-refractivity contribution >= 4 is 28.5 Å². The van der Waals surface area contributed by atoms with E-state index in [1.807, 2.05) is 24.3 Å². The van der Waals surface area contributed by atoms with E-state index < -0.39 is 5.97 Å². The number of furan rings is 1. The Morgan fingerprint density at radius 3 is 2.72 bits per heavy atom. The number of para-hydroxylation sites is 1. The van der Waals surface area contributed by atoms with Crippen LogP contribution in [0.4, 0.5) is 5.69 Å². The number of carboxylic acids is 1. The number of amides is 1. The minimum absolute atomic E-state index is 0.0225. The molecule has 1 N–H and O–H groups in total. The molecule has 5 heteroatoms. The van der Waals surface area contributed by atoms with Crippen molar-refractivity contribution in [3.05, 3.63) is 30.5 Å². The SMILES string of the molecule is CN(C(=O)CCC(=O)O)c1coc2ccccc12. The van der Waals surface area contributed by atoms with E-state index in [1.54, 1.807) is 7.05 Å². The molecule has 0 radical (unpaired) electrons. The summed E-state index contributed by atoms with van der Waals surface area (Å²) < 4.78 is 5.34. The van der Waals surface area contributed by atoms with Gasteiger partial charge in [-0.3, -0.25) is 9.59 Å². The van der Waals surface area contributed by atoms with E-state index in [2.05, 4.69) is 0 Å². The van der Waals surface area contributed by atoms with Gasteiger partial charge in [0.25, 0.3) is 0 Å². The number of carbonyl (C=O) groups is 2. The summed E-state index contributed by atoms with van der Waals surface area (Å²) in [5.41, 5.74) is 1.35. The zero-order chi connectivity index (χ0) is 13.1. The predicted octanol–water partition coefficient (Wildman–Crippen LogP) is 2.26. The highest BCUT2D eigenvalue weighted by molar-refractivity contribution is 6.02. The van der Waals surface area contributed by atoms with Crippen molar-refractivity contribution in [1.82, 2.24) is 0 Å². The molecular formula is C13H13NO4. The molecule has 0 unspecified atom stereocenters. The number of anilines is 1. The smallest absolute Gasteiger partial charge is 0.303 e. The molecule has 5 nitrogen and oxygen atoms in total. The Kier molecular flexibility index (Phi) is 3.32. The zero-order valence-electron chi connectivity index (χ0n) is 9.92. The number of carbonyl (C=O) groups excluding carboxylic acids is 1. The minimum atomic E-state index is -0.978. The molecule has 0 fully saturated rings. The number of fused-ring (bicyclic) bond motifs is 1. The quantitative estimate of drug-likeness (QED) is 0.899. The summed E-state index contributed by atoms with van der Waals surface area (Å²) in [5.74, 6) is -1.22. The van der Waals surface area contributed by atoms with E-state index in [0.29, 0.717) is 11.3 Å². The fraction of sp³-hybridized carbons (Fsp3) is 0.231. The lowest BCUT2D eigenvalue weighted by Crippen LogP contribution is -2.26. The van der Waals surface area contributed by atoms with Crippen LogP contribution in [0.2, 0.25) is 0 Å². The van der Waals surface area contributed by atoms with Crippen molar-refractivity contribution in [2.45, 2.75) is 12.8 Å². The molecule has 0 aliphatic heterocycles. The number of rotatable bonds is 4. The van der Waals surface area contributed by atoms with Crippen LogP contribution >= 0.6 is 0 Å². The summed E-state index contributed by atoms with van der Waals surface area (Å²) in [7, 11) is 1.61. The second-order valence-electron chi connectivity index (χ2n) is 3.96. The number of carboxylic acid groups (broad SMARTS) is 1. The van der Waals surface area contributed by atoms with Gasteiger partial charge in [-0.1, -0.05) is 12.1 Å². The fourth-order valence-electron chi connectivity index (χ4n) is 1.74. The first-order valence-electron chi connectivity index (χ1n) is 5.54. The molecule has 0 atom stereocenters. The monoisotopic (exact) mass is 247 g/mol. The summed E-state index contributed by atoms with van der Waals surface area (Å²) in [5, 5.41) is 9.39. The molecular weight excluding hydrogens is 234 g/mol. The molecule has 0 saturated carbocycles. The molecule has 94 valence electrons. The number of hydrogen-bond acceptors (Lipinski definition) is 3. The van der Waals surface area contributed by atoms with Gasteiger partial charge in [0.05, 0.1) is 12.1 Å². The zero-order valence-corrected chi connectivity index (χ0v) is 9.92. The van der Waals surface area contributed by atoms with E-state index in [0.717, 1.165) is 5.39 Å². The van der Waals surface area contributed by atoms with E-state index in [-0.39, 0.29) is 18.7 Å². The third-order valence-electron chi connectivity index (χ3n) is 2.75. The van der Waals surface area contributed by atoms with Gasteiger partial charge in [-0.05, 0) is 12.1 Å². The van der Waals surface area contributed by atoms with Gasteiger partial charge in [-0.25, -0.2) is 0 Å². The van der Waals surface area contributed by atoms with E-state index in [1.165, 1.54) is 11.2 Å². The van der Waals surface area contributed by atoms with Crippen LogP contribution in [0.25, 0.3) is 11.0 Å². The maximum Gasteiger partial charge on any atom is 0.303 e. The Morgan fingerprint density at radius 1 is 1.28 bits per heavy atom. The van der Waals surface area contributed by atoms with Gasteiger partial charge in [0, 0.05) is 18.9 Å². The van der Waals surface area contributed by atoms with Crippen LogP contribution in [-0.4, -0.2) is 24.0 Å². The van der Waals surface area contributed by atoms with Crippen LogP contribution in [0.5, 0.6) is 0 Å². The Morgan fingerprint density at radius 2 is 2.00 bits per heavy atom. The molecule has 0 spiro atoms. The third kappa shape index (κ3) is 2.34.